The normalized spacial score (nSPS) is 11.8. The molecule has 0 radical (unpaired) electrons. The van der Waals surface area contributed by atoms with Gasteiger partial charge in [-0.15, -0.1) is 0 Å². The van der Waals surface area contributed by atoms with Gasteiger partial charge in [-0.2, -0.15) is 0 Å². The van der Waals surface area contributed by atoms with Gasteiger partial charge in [0.05, 0.1) is 16.7 Å². The SMILES string of the molecule is c1ccc(-c2ccc3c(c2)oc2cc(-c4ccccc4)cc4c2-n3c2ccc(-c3ccccc3)c3cccc4c32)cc1. The Labute approximate surface area is 243 Å². The number of benzene rings is 7. The fourth-order valence-electron chi connectivity index (χ4n) is 6.67. The third-order valence-corrected chi connectivity index (χ3v) is 8.57. The number of nitrogens with zero attached hydrogens (tertiary/aromatic N) is 1. The molecule has 2 heteroatoms. The predicted molar refractivity (Wildman–Crippen MR) is 176 cm³/mol. The van der Waals surface area contributed by atoms with Crippen LogP contribution in [0.1, 0.15) is 0 Å². The van der Waals surface area contributed by atoms with E-state index in [-0.39, 0.29) is 0 Å². The van der Waals surface area contributed by atoms with Crippen LogP contribution in [0.15, 0.2) is 156 Å². The van der Waals surface area contributed by atoms with Gasteiger partial charge in [-0.3, -0.25) is 0 Å². The van der Waals surface area contributed by atoms with Gasteiger partial charge in [-0.05, 0) is 74.5 Å². The van der Waals surface area contributed by atoms with E-state index in [9.17, 15) is 0 Å². The maximum absolute atomic E-state index is 6.81. The molecule has 42 heavy (non-hydrogen) atoms. The van der Waals surface area contributed by atoms with Crippen LogP contribution in [0.5, 0.6) is 0 Å². The van der Waals surface area contributed by atoms with Crippen molar-refractivity contribution in [3.63, 3.8) is 0 Å². The number of hydrogen-bond donors (Lipinski definition) is 0. The molecule has 0 fully saturated rings. The average molecular weight is 536 g/mol. The lowest BCUT2D eigenvalue weighted by Crippen LogP contribution is -2.06. The van der Waals surface area contributed by atoms with Crippen LogP contribution in [0.3, 0.4) is 0 Å². The monoisotopic (exact) mass is 535 g/mol. The van der Waals surface area contributed by atoms with Gasteiger partial charge in [0.1, 0.15) is 0 Å². The van der Waals surface area contributed by atoms with Crippen LogP contribution < -0.4 is 0 Å². The first-order valence-electron chi connectivity index (χ1n) is 14.4. The minimum atomic E-state index is 0.861. The van der Waals surface area contributed by atoms with E-state index in [0.717, 1.165) is 33.5 Å². The second-order valence-electron chi connectivity index (χ2n) is 10.9. The highest BCUT2D eigenvalue weighted by atomic mass is 16.3. The summed E-state index contributed by atoms with van der Waals surface area (Å²) in [5.41, 5.74) is 12.2. The molecule has 2 nitrogen and oxygen atoms in total. The van der Waals surface area contributed by atoms with Crippen molar-refractivity contribution in [2.75, 3.05) is 0 Å². The Kier molecular flexibility index (Phi) is 4.93. The van der Waals surface area contributed by atoms with Crippen molar-refractivity contribution in [3.8, 4) is 39.1 Å². The fraction of sp³-hybridized carbons (Fsp3) is 0. The first-order valence-corrected chi connectivity index (χ1v) is 14.4. The first kappa shape index (κ1) is 23.1. The molecule has 0 bridgehead atoms. The van der Waals surface area contributed by atoms with Crippen LogP contribution in [0.4, 0.5) is 0 Å². The minimum absolute atomic E-state index is 0.861. The summed E-state index contributed by atoms with van der Waals surface area (Å²) >= 11 is 0. The Balaban J connectivity index is 1.47. The van der Waals surface area contributed by atoms with Crippen LogP contribution >= 0.6 is 0 Å². The minimum Gasteiger partial charge on any atom is -0.453 e. The maximum Gasteiger partial charge on any atom is 0.152 e. The van der Waals surface area contributed by atoms with Crippen molar-refractivity contribution in [2.45, 2.75) is 0 Å². The molecule has 9 rings (SSSR count). The molecule has 0 atom stereocenters. The molecule has 0 unspecified atom stereocenters. The van der Waals surface area contributed by atoms with Gasteiger partial charge < -0.3 is 8.98 Å². The number of hydrogen-bond acceptors (Lipinski definition) is 1. The summed E-state index contributed by atoms with van der Waals surface area (Å²) < 4.78 is 9.22. The molecule has 0 N–H and O–H groups in total. The van der Waals surface area contributed by atoms with Crippen molar-refractivity contribution >= 4 is 43.7 Å². The summed E-state index contributed by atoms with van der Waals surface area (Å²) in [6.07, 6.45) is 0. The predicted octanol–water partition coefficient (Wildman–Crippen LogP) is 11.1. The third-order valence-electron chi connectivity index (χ3n) is 8.57. The number of pyridine rings is 1. The van der Waals surface area contributed by atoms with Crippen molar-refractivity contribution in [1.29, 1.82) is 0 Å². The molecule has 0 aliphatic carbocycles. The van der Waals surface area contributed by atoms with Gasteiger partial charge in [0.15, 0.2) is 11.2 Å². The quantitative estimate of drug-likeness (QED) is 0.162. The lowest BCUT2D eigenvalue weighted by atomic mass is 9.91. The van der Waals surface area contributed by atoms with Gasteiger partial charge in [0.2, 0.25) is 0 Å². The molecule has 196 valence electrons. The van der Waals surface area contributed by atoms with Gasteiger partial charge in [-0.25, -0.2) is 0 Å². The Morgan fingerprint density at radius 3 is 1.74 bits per heavy atom. The summed E-state index contributed by atoms with van der Waals surface area (Å²) in [6, 6.07) is 54.2. The zero-order valence-electron chi connectivity index (χ0n) is 22.8. The molecule has 2 aliphatic rings. The molecule has 0 spiro atoms. The molecule has 2 aliphatic heterocycles. The number of aromatic nitrogens is 1. The van der Waals surface area contributed by atoms with E-state index < -0.39 is 0 Å². The fourth-order valence-corrected chi connectivity index (χ4v) is 6.67. The zero-order valence-corrected chi connectivity index (χ0v) is 22.8. The van der Waals surface area contributed by atoms with E-state index in [4.69, 9.17) is 4.42 Å². The highest BCUT2D eigenvalue weighted by molar-refractivity contribution is 6.23. The van der Waals surface area contributed by atoms with Crippen LogP contribution in [-0.4, -0.2) is 4.57 Å². The molecule has 0 saturated carbocycles. The van der Waals surface area contributed by atoms with Crippen molar-refractivity contribution in [3.05, 3.63) is 152 Å². The molecule has 0 saturated heterocycles. The van der Waals surface area contributed by atoms with Gasteiger partial charge in [0.25, 0.3) is 0 Å². The van der Waals surface area contributed by atoms with E-state index in [0.29, 0.717) is 0 Å². The molecule has 7 aromatic rings. The van der Waals surface area contributed by atoms with Crippen molar-refractivity contribution < 1.29 is 4.42 Å². The Hall–Kier alpha value is -5.60. The van der Waals surface area contributed by atoms with Gasteiger partial charge in [0, 0.05) is 10.8 Å². The topological polar surface area (TPSA) is 18.1 Å². The van der Waals surface area contributed by atoms with E-state index in [1.807, 2.05) is 0 Å². The standard InChI is InChI=1S/C40H25NO/c1-4-11-26(12-5-1)29-19-21-35-37(24-29)42-38-25-30(27-13-6-2-7-14-27)23-34-33-18-10-17-32-31(28-15-8-3-9-16-28)20-22-36(39(32)33)41(35)40(34)38/h1-25H. The van der Waals surface area contributed by atoms with Crippen molar-refractivity contribution in [2.24, 2.45) is 0 Å². The maximum atomic E-state index is 6.81. The highest BCUT2D eigenvalue weighted by Crippen LogP contribution is 2.45. The largest absolute Gasteiger partial charge is 0.453 e. The van der Waals surface area contributed by atoms with E-state index >= 15 is 0 Å². The van der Waals surface area contributed by atoms with E-state index in [2.05, 4.69) is 156 Å². The summed E-state index contributed by atoms with van der Waals surface area (Å²) in [5.74, 6) is 0. The second-order valence-corrected chi connectivity index (χ2v) is 10.9. The van der Waals surface area contributed by atoms with Gasteiger partial charge in [-0.1, -0.05) is 121 Å². The summed E-state index contributed by atoms with van der Waals surface area (Å²) in [4.78, 5) is 0. The average Bonchev–Trinajstić information content (AvgIpc) is 3.07. The number of rotatable bonds is 3. The van der Waals surface area contributed by atoms with E-state index in [1.165, 1.54) is 49.3 Å². The molecule has 2 heterocycles. The third kappa shape index (κ3) is 3.39. The van der Waals surface area contributed by atoms with E-state index in [1.54, 1.807) is 0 Å². The Morgan fingerprint density at radius 1 is 0.381 bits per heavy atom. The lowest BCUT2D eigenvalue weighted by molar-refractivity contribution is 0.648. The zero-order chi connectivity index (χ0) is 27.6. The Bertz CT molecular complexity index is 2380. The van der Waals surface area contributed by atoms with Crippen LogP contribution in [0.2, 0.25) is 0 Å². The van der Waals surface area contributed by atoms with Crippen LogP contribution in [0, 0.1) is 0 Å². The van der Waals surface area contributed by atoms with Gasteiger partial charge >= 0.3 is 0 Å². The Morgan fingerprint density at radius 2 is 1.00 bits per heavy atom. The van der Waals surface area contributed by atoms with Crippen LogP contribution in [0.25, 0.3) is 82.8 Å². The molecule has 0 amide bonds. The van der Waals surface area contributed by atoms with Crippen molar-refractivity contribution in [1.82, 2.24) is 4.57 Å². The smallest absolute Gasteiger partial charge is 0.152 e. The lowest BCUT2D eigenvalue weighted by Gasteiger charge is -2.24. The summed E-state index contributed by atoms with van der Waals surface area (Å²) in [6.45, 7) is 0. The molecule has 7 aromatic carbocycles. The summed E-state index contributed by atoms with van der Waals surface area (Å²) in [5, 5.41) is 4.94. The number of fused-ring (bicyclic) bond motifs is 4. The highest BCUT2D eigenvalue weighted by Gasteiger charge is 2.23. The molecule has 0 aromatic heterocycles. The first-order chi connectivity index (χ1) is 20.8. The molecular formula is C40H25NO. The summed E-state index contributed by atoms with van der Waals surface area (Å²) in [7, 11) is 0. The van der Waals surface area contributed by atoms with Crippen LogP contribution in [-0.2, 0) is 0 Å². The second kappa shape index (κ2) is 8.95. The molecular weight excluding hydrogens is 510 g/mol.